The summed E-state index contributed by atoms with van der Waals surface area (Å²) in [5, 5.41) is 0. The molecule has 12 heavy (non-hydrogen) atoms. The molecule has 1 aliphatic rings. The fourth-order valence-electron chi connectivity index (χ4n) is 1.86. The van der Waals surface area contributed by atoms with E-state index in [0.717, 1.165) is 5.92 Å². The van der Waals surface area contributed by atoms with Gasteiger partial charge in [0.2, 0.25) is 0 Å². The van der Waals surface area contributed by atoms with Crippen LogP contribution in [0.4, 0.5) is 0 Å². The van der Waals surface area contributed by atoms with E-state index in [4.69, 9.17) is 0 Å². The summed E-state index contributed by atoms with van der Waals surface area (Å²) in [6.45, 7) is 4.39. The zero-order valence-electron chi connectivity index (χ0n) is 8.34. The Morgan fingerprint density at radius 1 is 1.33 bits per heavy atom. The van der Waals surface area contributed by atoms with Crippen molar-refractivity contribution in [2.75, 3.05) is 0 Å². The Labute approximate surface area is 76.4 Å². The molecule has 0 amide bonds. The molecule has 0 unspecified atom stereocenters. The monoisotopic (exact) mass is 164 g/mol. The molecule has 0 aromatic carbocycles. The van der Waals surface area contributed by atoms with Crippen molar-refractivity contribution in [1.82, 2.24) is 0 Å². The Kier molecular flexibility index (Phi) is 4.13. The number of rotatable bonds is 2. The standard InChI is InChI=1S/C12H20/c1-3-5-6-12-9-7-11(4-2)8-10-12/h3,5-6,11H,4,7-10H2,1-2H3/b5-3+,12-6?. The molecule has 1 aliphatic carbocycles. The lowest BCUT2D eigenvalue weighted by Crippen LogP contribution is -2.06. The smallest absolute Gasteiger partial charge is 0.0315 e. The van der Waals surface area contributed by atoms with Gasteiger partial charge in [-0.3, -0.25) is 0 Å². The molecule has 0 aromatic rings. The minimum atomic E-state index is 1.01. The first-order valence-corrected chi connectivity index (χ1v) is 5.17. The normalized spacial score (nSPS) is 24.8. The van der Waals surface area contributed by atoms with Gasteiger partial charge in [-0.05, 0) is 38.5 Å². The minimum Gasteiger partial charge on any atom is -0.0877 e. The molecular weight excluding hydrogens is 144 g/mol. The summed E-state index contributed by atoms with van der Waals surface area (Å²) < 4.78 is 0. The Morgan fingerprint density at radius 3 is 2.50 bits per heavy atom. The highest BCUT2D eigenvalue weighted by atomic mass is 14.2. The predicted octanol–water partition coefficient (Wildman–Crippen LogP) is 4.09. The maximum absolute atomic E-state index is 2.31. The molecule has 1 saturated carbocycles. The Hall–Kier alpha value is -0.520. The van der Waals surface area contributed by atoms with E-state index in [2.05, 4.69) is 32.1 Å². The fraction of sp³-hybridized carbons (Fsp3) is 0.667. The van der Waals surface area contributed by atoms with Crippen molar-refractivity contribution in [2.24, 2.45) is 5.92 Å². The molecule has 0 spiro atoms. The maximum Gasteiger partial charge on any atom is -0.0315 e. The third-order valence-corrected chi connectivity index (χ3v) is 2.85. The highest BCUT2D eigenvalue weighted by molar-refractivity contribution is 5.13. The van der Waals surface area contributed by atoms with Crippen LogP contribution in [0.2, 0.25) is 0 Å². The molecule has 0 radical (unpaired) electrons. The molecular formula is C12H20. The first-order valence-electron chi connectivity index (χ1n) is 5.17. The van der Waals surface area contributed by atoms with Gasteiger partial charge in [-0.25, -0.2) is 0 Å². The summed E-state index contributed by atoms with van der Waals surface area (Å²) in [5.41, 5.74) is 1.65. The van der Waals surface area contributed by atoms with Crippen LogP contribution < -0.4 is 0 Å². The van der Waals surface area contributed by atoms with Crippen LogP contribution in [0.3, 0.4) is 0 Å². The lowest BCUT2D eigenvalue weighted by atomic mass is 9.84. The highest BCUT2D eigenvalue weighted by Crippen LogP contribution is 2.29. The van der Waals surface area contributed by atoms with Crippen LogP contribution in [0, 0.1) is 5.92 Å². The van der Waals surface area contributed by atoms with Crippen LogP contribution in [0.1, 0.15) is 46.0 Å². The lowest BCUT2D eigenvalue weighted by molar-refractivity contribution is 0.398. The van der Waals surface area contributed by atoms with Gasteiger partial charge >= 0.3 is 0 Å². The van der Waals surface area contributed by atoms with Gasteiger partial charge in [0.05, 0.1) is 0 Å². The quantitative estimate of drug-likeness (QED) is 0.576. The first kappa shape index (κ1) is 9.57. The molecule has 0 aliphatic heterocycles. The van der Waals surface area contributed by atoms with E-state index >= 15 is 0 Å². The molecule has 1 fully saturated rings. The van der Waals surface area contributed by atoms with Gasteiger partial charge < -0.3 is 0 Å². The van der Waals surface area contributed by atoms with Crippen molar-refractivity contribution in [3.05, 3.63) is 23.8 Å². The SMILES string of the molecule is C/C=C/C=C1CCC(CC)CC1. The van der Waals surface area contributed by atoms with E-state index in [0.29, 0.717) is 0 Å². The summed E-state index contributed by atoms with van der Waals surface area (Å²) in [5.74, 6) is 1.01. The Balaban J connectivity index is 2.35. The van der Waals surface area contributed by atoms with Crippen LogP contribution in [-0.2, 0) is 0 Å². The van der Waals surface area contributed by atoms with Crippen molar-refractivity contribution in [3.8, 4) is 0 Å². The number of hydrogen-bond acceptors (Lipinski definition) is 0. The van der Waals surface area contributed by atoms with Crippen LogP contribution in [0.15, 0.2) is 23.8 Å². The van der Waals surface area contributed by atoms with Crippen LogP contribution in [-0.4, -0.2) is 0 Å². The van der Waals surface area contributed by atoms with E-state index in [1.54, 1.807) is 5.57 Å². The fourth-order valence-corrected chi connectivity index (χ4v) is 1.86. The van der Waals surface area contributed by atoms with Crippen LogP contribution in [0.5, 0.6) is 0 Å². The molecule has 0 atom stereocenters. The summed E-state index contributed by atoms with van der Waals surface area (Å²) in [7, 11) is 0. The molecule has 0 N–H and O–H groups in total. The summed E-state index contributed by atoms with van der Waals surface area (Å²) in [6.07, 6.45) is 13.5. The first-order chi connectivity index (χ1) is 5.86. The second kappa shape index (κ2) is 5.18. The highest BCUT2D eigenvalue weighted by Gasteiger charge is 2.13. The van der Waals surface area contributed by atoms with Crippen LogP contribution in [0.25, 0.3) is 0 Å². The van der Waals surface area contributed by atoms with Crippen molar-refractivity contribution >= 4 is 0 Å². The molecule has 0 heterocycles. The van der Waals surface area contributed by atoms with E-state index in [1.165, 1.54) is 32.1 Å². The third kappa shape index (κ3) is 2.84. The molecule has 0 bridgehead atoms. The van der Waals surface area contributed by atoms with Crippen molar-refractivity contribution in [2.45, 2.75) is 46.0 Å². The second-order valence-electron chi connectivity index (χ2n) is 3.70. The molecule has 1 rings (SSSR count). The third-order valence-electron chi connectivity index (χ3n) is 2.85. The van der Waals surface area contributed by atoms with E-state index in [1.807, 2.05) is 0 Å². The van der Waals surface area contributed by atoms with Gasteiger partial charge in [0, 0.05) is 0 Å². The molecule has 0 nitrogen and oxygen atoms in total. The van der Waals surface area contributed by atoms with E-state index in [-0.39, 0.29) is 0 Å². The summed E-state index contributed by atoms with van der Waals surface area (Å²) in [4.78, 5) is 0. The Morgan fingerprint density at radius 2 is 2.00 bits per heavy atom. The van der Waals surface area contributed by atoms with Gasteiger partial charge in [0.15, 0.2) is 0 Å². The summed E-state index contributed by atoms with van der Waals surface area (Å²) >= 11 is 0. The topological polar surface area (TPSA) is 0 Å². The predicted molar refractivity (Wildman–Crippen MR) is 55.1 cm³/mol. The van der Waals surface area contributed by atoms with Gasteiger partial charge in [0.25, 0.3) is 0 Å². The molecule has 0 heteroatoms. The zero-order valence-corrected chi connectivity index (χ0v) is 8.34. The number of hydrogen-bond donors (Lipinski definition) is 0. The van der Waals surface area contributed by atoms with Gasteiger partial charge in [0.1, 0.15) is 0 Å². The van der Waals surface area contributed by atoms with Gasteiger partial charge in [-0.15, -0.1) is 0 Å². The van der Waals surface area contributed by atoms with Crippen molar-refractivity contribution < 1.29 is 0 Å². The lowest BCUT2D eigenvalue weighted by Gasteiger charge is -2.22. The largest absolute Gasteiger partial charge is 0.0877 e. The molecule has 68 valence electrons. The van der Waals surface area contributed by atoms with Gasteiger partial charge in [-0.1, -0.05) is 37.1 Å². The van der Waals surface area contributed by atoms with E-state index < -0.39 is 0 Å². The summed E-state index contributed by atoms with van der Waals surface area (Å²) in [6, 6.07) is 0. The molecule has 0 saturated heterocycles. The van der Waals surface area contributed by atoms with Crippen molar-refractivity contribution in [1.29, 1.82) is 0 Å². The minimum absolute atomic E-state index is 1.01. The number of allylic oxidation sites excluding steroid dienone is 4. The van der Waals surface area contributed by atoms with Crippen molar-refractivity contribution in [3.63, 3.8) is 0 Å². The average molecular weight is 164 g/mol. The van der Waals surface area contributed by atoms with E-state index in [9.17, 15) is 0 Å². The van der Waals surface area contributed by atoms with Gasteiger partial charge in [-0.2, -0.15) is 0 Å². The maximum atomic E-state index is 2.31. The zero-order chi connectivity index (χ0) is 8.81. The van der Waals surface area contributed by atoms with Crippen LogP contribution >= 0.6 is 0 Å². The Bertz CT molecular complexity index is 164. The molecule has 0 aromatic heterocycles. The second-order valence-corrected chi connectivity index (χ2v) is 3.70. The average Bonchev–Trinajstić information content (AvgIpc) is 2.15.